The summed E-state index contributed by atoms with van der Waals surface area (Å²) in [6.45, 7) is 5.89. The molecule has 0 atom stereocenters. The fourth-order valence-corrected chi connectivity index (χ4v) is 4.40. The van der Waals surface area contributed by atoms with Crippen LogP contribution in [0.4, 0.5) is 5.69 Å². The van der Waals surface area contributed by atoms with E-state index < -0.39 is 17.8 Å². The van der Waals surface area contributed by atoms with Crippen LogP contribution in [0.1, 0.15) is 39.8 Å². The summed E-state index contributed by atoms with van der Waals surface area (Å²) in [5.41, 5.74) is 5.51. The number of hydrogen-bond donors (Lipinski definition) is 1. The molecule has 4 rings (SSSR count). The Morgan fingerprint density at radius 1 is 1.03 bits per heavy atom. The molecule has 0 bridgehead atoms. The first-order valence-corrected chi connectivity index (χ1v) is 11.5. The second kappa shape index (κ2) is 9.68. The molecule has 35 heavy (non-hydrogen) atoms. The van der Waals surface area contributed by atoms with Gasteiger partial charge < -0.3 is 9.30 Å². The summed E-state index contributed by atoms with van der Waals surface area (Å²) in [5.74, 6) is -1.42. The Labute approximate surface area is 209 Å². The van der Waals surface area contributed by atoms with Crippen molar-refractivity contribution in [3.8, 4) is 5.69 Å². The number of amides is 2. The molecule has 1 aromatic heterocycles. The van der Waals surface area contributed by atoms with E-state index in [1.54, 1.807) is 18.2 Å². The molecule has 3 aromatic rings. The van der Waals surface area contributed by atoms with E-state index in [4.69, 9.17) is 17.0 Å². The Morgan fingerprint density at radius 3 is 2.26 bits per heavy atom. The number of aryl methyl sites for hydroxylation is 2. The van der Waals surface area contributed by atoms with Gasteiger partial charge in [0.2, 0.25) is 0 Å². The van der Waals surface area contributed by atoms with E-state index in [0.29, 0.717) is 11.3 Å². The third-order valence-corrected chi connectivity index (χ3v) is 6.31. The number of ether oxygens (including phenoxy) is 1. The maximum absolute atomic E-state index is 13.4. The normalized spacial score (nSPS) is 14.9. The molecule has 0 saturated carbocycles. The predicted octanol–water partition coefficient (Wildman–Crippen LogP) is 4.27. The summed E-state index contributed by atoms with van der Waals surface area (Å²) < 4.78 is 6.75. The average Bonchev–Trinajstić information content (AvgIpc) is 3.14. The minimum Gasteiger partial charge on any atom is -0.465 e. The molecule has 0 aliphatic carbocycles. The van der Waals surface area contributed by atoms with Crippen LogP contribution in [0.5, 0.6) is 0 Å². The molecule has 2 heterocycles. The van der Waals surface area contributed by atoms with Gasteiger partial charge in [-0.25, -0.2) is 4.79 Å². The van der Waals surface area contributed by atoms with Crippen molar-refractivity contribution >= 4 is 46.9 Å². The van der Waals surface area contributed by atoms with Crippen molar-refractivity contribution < 1.29 is 19.1 Å². The molecule has 178 valence electrons. The van der Waals surface area contributed by atoms with Gasteiger partial charge in [-0.15, -0.1) is 0 Å². The molecular formula is C27H25N3O4S. The maximum atomic E-state index is 13.4. The highest BCUT2D eigenvalue weighted by Gasteiger charge is 2.34. The van der Waals surface area contributed by atoms with E-state index in [9.17, 15) is 14.4 Å². The van der Waals surface area contributed by atoms with Gasteiger partial charge in [-0.2, -0.15) is 0 Å². The van der Waals surface area contributed by atoms with Crippen LogP contribution in [0.3, 0.4) is 0 Å². The van der Waals surface area contributed by atoms with E-state index >= 15 is 0 Å². The van der Waals surface area contributed by atoms with Crippen LogP contribution in [0.15, 0.2) is 60.2 Å². The first-order chi connectivity index (χ1) is 16.7. The first kappa shape index (κ1) is 24.1. The Balaban J connectivity index is 1.70. The Morgan fingerprint density at radius 2 is 1.66 bits per heavy atom. The number of thiocarbonyl (C=S) groups is 1. The summed E-state index contributed by atoms with van der Waals surface area (Å²) in [6.07, 6.45) is 2.47. The summed E-state index contributed by atoms with van der Waals surface area (Å²) in [5, 5.41) is 2.68. The van der Waals surface area contributed by atoms with Crippen LogP contribution in [0.2, 0.25) is 0 Å². The lowest BCUT2D eigenvalue weighted by Crippen LogP contribution is -2.54. The minimum absolute atomic E-state index is 0.000503. The molecule has 1 aliphatic rings. The van der Waals surface area contributed by atoms with Crippen LogP contribution < -0.4 is 10.2 Å². The van der Waals surface area contributed by atoms with Gasteiger partial charge in [0, 0.05) is 17.1 Å². The molecule has 1 saturated heterocycles. The molecule has 1 aliphatic heterocycles. The van der Waals surface area contributed by atoms with Crippen molar-refractivity contribution in [3.63, 3.8) is 0 Å². The lowest BCUT2D eigenvalue weighted by atomic mass is 10.1. The smallest absolute Gasteiger partial charge is 0.337 e. The minimum atomic E-state index is -0.534. The molecule has 7 nitrogen and oxygen atoms in total. The Kier molecular flexibility index (Phi) is 6.66. The van der Waals surface area contributed by atoms with E-state index in [1.165, 1.54) is 12.0 Å². The number of esters is 1. The van der Waals surface area contributed by atoms with Gasteiger partial charge in [0.05, 0.1) is 18.4 Å². The lowest BCUT2D eigenvalue weighted by Gasteiger charge is -2.29. The molecule has 2 aromatic carbocycles. The first-order valence-electron chi connectivity index (χ1n) is 11.1. The number of benzene rings is 2. The number of carbonyl (C=O) groups is 3. The standard InChI is InChI=1S/C27H25N3O4S/c1-5-18-6-10-22(11-7-18)30-25(32)23(24(31)28-27(30)35)15-20-14-16(2)29(17(20)3)21-12-8-19(9-13-21)26(33)34-4/h6-15H,5H2,1-4H3,(H,28,31,35)/b23-15+. The zero-order valence-corrected chi connectivity index (χ0v) is 20.7. The quantitative estimate of drug-likeness (QED) is 0.252. The summed E-state index contributed by atoms with van der Waals surface area (Å²) in [4.78, 5) is 39.2. The summed E-state index contributed by atoms with van der Waals surface area (Å²) in [7, 11) is 1.34. The van der Waals surface area contributed by atoms with Crippen molar-refractivity contribution in [2.75, 3.05) is 12.0 Å². The van der Waals surface area contributed by atoms with Crippen molar-refractivity contribution in [3.05, 3.63) is 88.2 Å². The number of carbonyl (C=O) groups excluding carboxylic acids is 3. The topological polar surface area (TPSA) is 80.6 Å². The second-order valence-corrected chi connectivity index (χ2v) is 8.56. The van der Waals surface area contributed by atoms with E-state index in [0.717, 1.165) is 34.6 Å². The van der Waals surface area contributed by atoms with Crippen molar-refractivity contribution in [2.45, 2.75) is 27.2 Å². The van der Waals surface area contributed by atoms with Crippen molar-refractivity contribution in [2.24, 2.45) is 0 Å². The highest BCUT2D eigenvalue weighted by molar-refractivity contribution is 7.80. The SMILES string of the molecule is CCc1ccc(N2C(=O)/C(=C/c3cc(C)n(-c4ccc(C(=O)OC)cc4)c3C)C(=O)NC2=S)cc1. The van der Waals surface area contributed by atoms with Gasteiger partial charge in [0.25, 0.3) is 11.8 Å². The van der Waals surface area contributed by atoms with Gasteiger partial charge in [-0.05, 0) is 92.2 Å². The second-order valence-electron chi connectivity index (χ2n) is 8.18. The number of hydrogen-bond acceptors (Lipinski definition) is 5. The summed E-state index contributed by atoms with van der Waals surface area (Å²) >= 11 is 5.30. The maximum Gasteiger partial charge on any atom is 0.337 e. The van der Waals surface area contributed by atoms with Crippen LogP contribution in [-0.2, 0) is 20.7 Å². The fraction of sp³-hybridized carbons (Fsp3) is 0.185. The zero-order chi connectivity index (χ0) is 25.3. The Hall–Kier alpha value is -4.04. The van der Waals surface area contributed by atoms with Crippen LogP contribution in [0, 0.1) is 13.8 Å². The van der Waals surface area contributed by atoms with Crippen LogP contribution in [0.25, 0.3) is 11.8 Å². The van der Waals surface area contributed by atoms with Gasteiger partial charge in [0.1, 0.15) is 5.57 Å². The number of nitrogens with zero attached hydrogens (tertiary/aromatic N) is 2. The third kappa shape index (κ3) is 4.52. The van der Waals surface area contributed by atoms with E-state index in [2.05, 4.69) is 12.2 Å². The average molecular weight is 488 g/mol. The number of rotatable bonds is 5. The number of nitrogens with one attached hydrogen (secondary N) is 1. The van der Waals surface area contributed by atoms with E-state index in [-0.39, 0.29) is 10.7 Å². The molecule has 1 fully saturated rings. The van der Waals surface area contributed by atoms with Crippen LogP contribution >= 0.6 is 12.2 Å². The molecule has 0 spiro atoms. The number of anilines is 1. The molecule has 8 heteroatoms. The number of methoxy groups -OCH3 is 1. The fourth-order valence-electron chi connectivity index (χ4n) is 4.12. The van der Waals surface area contributed by atoms with Gasteiger partial charge in [-0.3, -0.25) is 19.8 Å². The predicted molar refractivity (Wildman–Crippen MR) is 139 cm³/mol. The highest BCUT2D eigenvalue weighted by atomic mass is 32.1. The lowest BCUT2D eigenvalue weighted by molar-refractivity contribution is -0.122. The van der Waals surface area contributed by atoms with Crippen LogP contribution in [-0.4, -0.2) is 34.6 Å². The van der Waals surface area contributed by atoms with Gasteiger partial charge in [0.15, 0.2) is 5.11 Å². The van der Waals surface area contributed by atoms with Crippen molar-refractivity contribution in [1.82, 2.24) is 9.88 Å². The van der Waals surface area contributed by atoms with Gasteiger partial charge in [-0.1, -0.05) is 19.1 Å². The van der Waals surface area contributed by atoms with E-state index in [1.807, 2.05) is 60.9 Å². The largest absolute Gasteiger partial charge is 0.465 e. The van der Waals surface area contributed by atoms with Crippen molar-refractivity contribution in [1.29, 1.82) is 0 Å². The Bertz CT molecular complexity index is 1370. The third-order valence-electron chi connectivity index (χ3n) is 6.02. The monoisotopic (exact) mass is 487 g/mol. The highest BCUT2D eigenvalue weighted by Crippen LogP contribution is 2.26. The molecule has 2 amide bonds. The number of aromatic nitrogens is 1. The summed E-state index contributed by atoms with van der Waals surface area (Å²) in [6, 6.07) is 16.4. The molecule has 0 radical (unpaired) electrons. The van der Waals surface area contributed by atoms with Gasteiger partial charge >= 0.3 is 5.97 Å². The molecule has 0 unspecified atom stereocenters. The molecular weight excluding hydrogens is 462 g/mol. The zero-order valence-electron chi connectivity index (χ0n) is 19.9. The molecule has 1 N–H and O–H groups in total.